The monoisotopic (exact) mass is 479 g/mol. The molecule has 0 N–H and O–H groups in total. The summed E-state index contributed by atoms with van der Waals surface area (Å²) in [4.78, 5) is 15.3. The summed E-state index contributed by atoms with van der Waals surface area (Å²) >= 11 is 0. The van der Waals surface area contributed by atoms with Gasteiger partial charge in [-0.2, -0.15) is 0 Å². The van der Waals surface area contributed by atoms with E-state index in [0.29, 0.717) is 42.7 Å². The first kappa shape index (κ1) is 25.4. The second-order valence-corrected chi connectivity index (χ2v) is 8.82. The molecule has 7 heteroatoms. The molecule has 1 heterocycles. The van der Waals surface area contributed by atoms with E-state index in [1.54, 1.807) is 0 Å². The van der Waals surface area contributed by atoms with Crippen molar-refractivity contribution in [1.82, 2.24) is 4.90 Å². The third-order valence-electron chi connectivity index (χ3n) is 6.53. The topological polar surface area (TPSA) is 38.8 Å². The number of hydrogen-bond acceptors (Lipinski definition) is 4. The second-order valence-electron chi connectivity index (χ2n) is 8.82. The first-order valence-electron chi connectivity index (χ1n) is 11.6. The number of piperidine rings is 1. The highest BCUT2D eigenvalue weighted by molar-refractivity contribution is 6.02. The van der Waals surface area contributed by atoms with Gasteiger partial charge in [-0.3, -0.25) is 9.69 Å². The summed E-state index contributed by atoms with van der Waals surface area (Å²) < 4.78 is 38.3. The molecule has 33 heavy (non-hydrogen) atoms. The molecular formula is C26H32ClF2NO3. The quantitative estimate of drug-likeness (QED) is 0.476. The van der Waals surface area contributed by atoms with Crippen molar-refractivity contribution in [3.8, 4) is 11.5 Å². The molecule has 1 fully saturated rings. The van der Waals surface area contributed by atoms with Crippen LogP contribution in [0.5, 0.6) is 11.5 Å². The summed E-state index contributed by atoms with van der Waals surface area (Å²) in [5.41, 5.74) is 2.49. The molecule has 1 aliphatic heterocycles. The van der Waals surface area contributed by atoms with E-state index in [1.807, 2.05) is 26.0 Å². The van der Waals surface area contributed by atoms with Crippen molar-refractivity contribution in [1.29, 1.82) is 0 Å². The Balaban J connectivity index is 0.00000306. The molecule has 0 saturated carbocycles. The van der Waals surface area contributed by atoms with Gasteiger partial charge in [0.15, 0.2) is 17.3 Å². The molecule has 180 valence electrons. The van der Waals surface area contributed by atoms with E-state index in [1.165, 1.54) is 12.1 Å². The third kappa shape index (κ3) is 6.04. The molecule has 0 spiro atoms. The summed E-state index contributed by atoms with van der Waals surface area (Å²) in [6.45, 7) is 7.24. The van der Waals surface area contributed by atoms with Crippen LogP contribution < -0.4 is 9.47 Å². The number of halogens is 3. The van der Waals surface area contributed by atoms with Gasteiger partial charge in [-0.1, -0.05) is 0 Å². The van der Waals surface area contributed by atoms with E-state index in [0.717, 1.165) is 56.0 Å². The summed E-state index contributed by atoms with van der Waals surface area (Å²) in [5, 5.41) is 0. The maximum absolute atomic E-state index is 13.5. The number of ether oxygens (including phenoxy) is 2. The number of likely N-dealkylation sites (tertiary alicyclic amines) is 1. The molecule has 1 unspecified atom stereocenters. The number of Topliss-reactive ketones (excluding diaryl/α,β-unsaturated/α-hetero) is 1. The zero-order valence-corrected chi connectivity index (χ0v) is 20.1. The summed E-state index contributed by atoms with van der Waals surface area (Å²) in [7, 11) is 0. The molecular weight excluding hydrogens is 448 g/mol. The van der Waals surface area contributed by atoms with Crippen LogP contribution in [0.1, 0.15) is 54.6 Å². The molecule has 0 radical (unpaired) electrons. The maximum Gasteiger partial charge on any atom is 0.166 e. The number of fused-ring (bicyclic) bond motifs is 1. The molecule has 2 aromatic carbocycles. The average Bonchev–Trinajstić information content (AvgIpc) is 3.04. The Hall–Kier alpha value is -2.18. The number of ketones is 1. The van der Waals surface area contributed by atoms with Crippen molar-refractivity contribution in [3.63, 3.8) is 0 Å². The molecule has 0 aromatic heterocycles. The van der Waals surface area contributed by atoms with Crippen LogP contribution in [0.15, 0.2) is 30.3 Å². The summed E-state index contributed by atoms with van der Waals surface area (Å²) in [6.07, 6.45) is 3.62. The Kier molecular flexibility index (Phi) is 8.71. The van der Waals surface area contributed by atoms with E-state index in [9.17, 15) is 13.6 Å². The molecule has 4 nitrogen and oxygen atoms in total. The minimum absolute atomic E-state index is 0. The SMILES string of the molecule is CCOc1cc2c(cc1OCC)C(=O)C(CC1CCN(Cc3cc(F)cc(F)c3)CC1)C2.Cl. The zero-order valence-electron chi connectivity index (χ0n) is 19.2. The van der Waals surface area contributed by atoms with E-state index in [4.69, 9.17) is 9.47 Å². The Morgan fingerprint density at radius 2 is 1.55 bits per heavy atom. The highest BCUT2D eigenvalue weighted by atomic mass is 35.5. The Bertz CT molecular complexity index is 956. The molecule has 1 atom stereocenters. The lowest BCUT2D eigenvalue weighted by Crippen LogP contribution is -2.34. The van der Waals surface area contributed by atoms with Crippen LogP contribution in [-0.4, -0.2) is 37.0 Å². The average molecular weight is 480 g/mol. The van der Waals surface area contributed by atoms with Crippen LogP contribution in [0, 0.1) is 23.5 Å². The van der Waals surface area contributed by atoms with Gasteiger partial charge in [0.2, 0.25) is 0 Å². The molecule has 1 saturated heterocycles. The predicted molar refractivity (Wildman–Crippen MR) is 127 cm³/mol. The van der Waals surface area contributed by atoms with E-state index in [2.05, 4.69) is 4.90 Å². The van der Waals surface area contributed by atoms with Gasteiger partial charge in [0.05, 0.1) is 13.2 Å². The van der Waals surface area contributed by atoms with Gasteiger partial charge in [-0.15, -0.1) is 12.4 Å². The number of carbonyl (C=O) groups excluding carboxylic acids is 1. The zero-order chi connectivity index (χ0) is 22.7. The van der Waals surface area contributed by atoms with Gasteiger partial charge in [-0.25, -0.2) is 8.78 Å². The van der Waals surface area contributed by atoms with Gasteiger partial charge in [0.1, 0.15) is 11.6 Å². The fraction of sp³-hybridized carbons (Fsp3) is 0.500. The van der Waals surface area contributed by atoms with Gasteiger partial charge < -0.3 is 9.47 Å². The first-order chi connectivity index (χ1) is 15.5. The normalized spacial score (nSPS) is 18.7. The lowest BCUT2D eigenvalue weighted by atomic mass is 9.85. The molecule has 1 aliphatic carbocycles. The van der Waals surface area contributed by atoms with Crippen molar-refractivity contribution in [2.45, 2.75) is 46.1 Å². The van der Waals surface area contributed by atoms with Crippen LogP contribution in [0.3, 0.4) is 0 Å². The minimum Gasteiger partial charge on any atom is -0.490 e. The fourth-order valence-corrected chi connectivity index (χ4v) is 5.05. The Morgan fingerprint density at radius 1 is 0.939 bits per heavy atom. The number of nitrogens with zero attached hydrogens (tertiary/aromatic N) is 1. The fourth-order valence-electron chi connectivity index (χ4n) is 5.05. The maximum atomic E-state index is 13.5. The Labute approximate surface area is 200 Å². The smallest absolute Gasteiger partial charge is 0.166 e. The molecule has 4 rings (SSSR count). The summed E-state index contributed by atoms with van der Waals surface area (Å²) in [5.74, 6) is 0.986. The standard InChI is InChI=1S/C26H31F2NO3.ClH/c1-3-31-24-13-19-12-20(26(30)23(19)15-25(24)32-4-2)9-17-5-7-29(8-6-17)16-18-10-21(27)14-22(28)11-18;/h10-11,13-15,17,20H,3-9,12,16H2,1-2H3;1H. The number of rotatable bonds is 8. The largest absolute Gasteiger partial charge is 0.490 e. The lowest BCUT2D eigenvalue weighted by molar-refractivity contribution is 0.0895. The van der Waals surface area contributed by atoms with Crippen molar-refractivity contribution >= 4 is 18.2 Å². The van der Waals surface area contributed by atoms with Crippen molar-refractivity contribution in [2.75, 3.05) is 26.3 Å². The molecule has 2 aliphatic rings. The number of hydrogen-bond donors (Lipinski definition) is 0. The highest BCUT2D eigenvalue weighted by Crippen LogP contribution is 2.40. The second kappa shape index (κ2) is 11.3. The van der Waals surface area contributed by atoms with Crippen molar-refractivity contribution < 1.29 is 23.0 Å². The van der Waals surface area contributed by atoms with Crippen LogP contribution in [0.4, 0.5) is 8.78 Å². The first-order valence-corrected chi connectivity index (χ1v) is 11.6. The third-order valence-corrected chi connectivity index (χ3v) is 6.53. The van der Waals surface area contributed by atoms with E-state index >= 15 is 0 Å². The van der Waals surface area contributed by atoms with Gasteiger partial charge in [-0.05, 0) is 93.9 Å². The van der Waals surface area contributed by atoms with Crippen molar-refractivity contribution in [2.24, 2.45) is 11.8 Å². The van der Waals surface area contributed by atoms with Gasteiger partial charge >= 0.3 is 0 Å². The molecule has 0 bridgehead atoms. The molecule has 0 amide bonds. The Morgan fingerprint density at radius 3 is 2.15 bits per heavy atom. The molecule has 2 aromatic rings. The highest BCUT2D eigenvalue weighted by Gasteiger charge is 2.34. The van der Waals surface area contributed by atoms with E-state index < -0.39 is 11.6 Å². The van der Waals surface area contributed by atoms with Gasteiger partial charge in [0, 0.05) is 24.1 Å². The summed E-state index contributed by atoms with van der Waals surface area (Å²) in [6, 6.07) is 7.53. The van der Waals surface area contributed by atoms with Gasteiger partial charge in [0.25, 0.3) is 0 Å². The van der Waals surface area contributed by atoms with Crippen LogP contribution >= 0.6 is 12.4 Å². The van der Waals surface area contributed by atoms with E-state index in [-0.39, 0.29) is 24.1 Å². The van der Waals surface area contributed by atoms with Crippen molar-refractivity contribution in [3.05, 3.63) is 58.7 Å². The minimum atomic E-state index is -0.533. The number of carbonyl (C=O) groups is 1. The predicted octanol–water partition coefficient (Wildman–Crippen LogP) is 5.84. The van der Waals surface area contributed by atoms with Crippen LogP contribution in [0.25, 0.3) is 0 Å². The van der Waals surface area contributed by atoms with Crippen LogP contribution in [-0.2, 0) is 13.0 Å². The number of benzene rings is 2. The van der Waals surface area contributed by atoms with Crippen LogP contribution in [0.2, 0.25) is 0 Å². The lowest BCUT2D eigenvalue weighted by Gasteiger charge is -2.33.